The number of pyridine rings is 1. The van der Waals surface area contributed by atoms with Gasteiger partial charge in [-0.15, -0.1) is 0 Å². The second-order valence-electron chi connectivity index (χ2n) is 7.28. The number of carbonyl (C=O) groups is 1. The molecule has 3 heterocycles. The highest BCUT2D eigenvalue weighted by Gasteiger charge is 2.27. The minimum Gasteiger partial charge on any atom is -0.358 e. The van der Waals surface area contributed by atoms with Crippen LogP contribution in [0.25, 0.3) is 10.9 Å². The second kappa shape index (κ2) is 6.94. The van der Waals surface area contributed by atoms with Gasteiger partial charge in [-0.2, -0.15) is 0 Å². The van der Waals surface area contributed by atoms with E-state index < -0.39 is 0 Å². The molecule has 0 radical (unpaired) electrons. The molecule has 2 aromatic heterocycles. The van der Waals surface area contributed by atoms with Crippen LogP contribution in [-0.2, 0) is 0 Å². The minimum atomic E-state index is 0.133. The maximum Gasteiger partial charge on any atom is 0.254 e. The summed E-state index contributed by atoms with van der Waals surface area (Å²) in [6.07, 6.45) is 8.06. The molecule has 0 spiro atoms. The summed E-state index contributed by atoms with van der Waals surface area (Å²) in [6.45, 7) is 4.99. The van der Waals surface area contributed by atoms with Gasteiger partial charge in [-0.05, 0) is 68.1 Å². The van der Waals surface area contributed by atoms with E-state index in [0.29, 0.717) is 0 Å². The van der Waals surface area contributed by atoms with Crippen LogP contribution in [-0.4, -0.2) is 27.3 Å². The molecule has 4 nitrogen and oxygen atoms in total. The number of amides is 1. The molecule has 26 heavy (non-hydrogen) atoms. The highest BCUT2D eigenvalue weighted by atomic mass is 16.2. The van der Waals surface area contributed by atoms with Crippen LogP contribution in [0.15, 0.2) is 42.7 Å². The molecule has 1 saturated heterocycles. The van der Waals surface area contributed by atoms with E-state index in [9.17, 15) is 4.79 Å². The molecule has 1 unspecified atom stereocenters. The minimum absolute atomic E-state index is 0.133. The number of rotatable bonds is 2. The number of fused-ring (bicyclic) bond motifs is 1. The molecule has 4 heteroatoms. The monoisotopic (exact) mass is 347 g/mol. The first-order valence-electron chi connectivity index (χ1n) is 9.45. The van der Waals surface area contributed by atoms with E-state index in [1.165, 1.54) is 17.5 Å². The van der Waals surface area contributed by atoms with Crippen molar-refractivity contribution in [3.63, 3.8) is 0 Å². The van der Waals surface area contributed by atoms with Crippen molar-refractivity contribution in [1.82, 2.24) is 14.9 Å². The zero-order valence-electron chi connectivity index (χ0n) is 15.5. The Labute approximate surface area is 154 Å². The van der Waals surface area contributed by atoms with Gasteiger partial charge in [0.05, 0.1) is 6.04 Å². The molecular formula is C22H25N3O. The molecule has 1 aliphatic rings. The van der Waals surface area contributed by atoms with Crippen molar-refractivity contribution in [2.24, 2.45) is 0 Å². The Bertz CT molecular complexity index is 929. The van der Waals surface area contributed by atoms with Crippen LogP contribution in [0.5, 0.6) is 0 Å². The van der Waals surface area contributed by atoms with Crippen molar-refractivity contribution in [2.45, 2.75) is 45.6 Å². The molecule has 1 amide bonds. The summed E-state index contributed by atoms with van der Waals surface area (Å²) in [4.78, 5) is 23.0. The number of carbonyl (C=O) groups excluding carboxylic acids is 1. The molecular weight excluding hydrogens is 322 g/mol. The molecule has 1 aromatic carbocycles. The predicted molar refractivity (Wildman–Crippen MR) is 104 cm³/mol. The van der Waals surface area contributed by atoms with Gasteiger partial charge in [0.25, 0.3) is 5.91 Å². The molecule has 0 bridgehead atoms. The number of aryl methyl sites for hydroxylation is 2. The second-order valence-corrected chi connectivity index (χ2v) is 7.28. The zero-order chi connectivity index (χ0) is 18.1. The standard InChI is InChI=1S/C22H25N3O/c1-15-16(2)24-20-8-7-18(14-19(15)20)22(26)25-13-5-3-4-6-21(25)17-9-11-23-12-10-17/h7-12,14,21,24H,3-6,13H2,1-2H3. The fourth-order valence-electron chi connectivity index (χ4n) is 4.04. The van der Waals surface area contributed by atoms with E-state index in [2.05, 4.69) is 28.7 Å². The average molecular weight is 347 g/mol. The molecule has 1 aliphatic heterocycles. The lowest BCUT2D eigenvalue weighted by Gasteiger charge is -2.30. The van der Waals surface area contributed by atoms with Gasteiger partial charge in [-0.3, -0.25) is 9.78 Å². The van der Waals surface area contributed by atoms with Crippen LogP contribution in [0.1, 0.15) is 58.9 Å². The molecule has 3 aromatic rings. The van der Waals surface area contributed by atoms with Crippen LogP contribution in [0.2, 0.25) is 0 Å². The highest BCUT2D eigenvalue weighted by molar-refractivity contribution is 5.99. The Hall–Kier alpha value is -2.62. The summed E-state index contributed by atoms with van der Waals surface area (Å²) in [6, 6.07) is 10.2. The zero-order valence-corrected chi connectivity index (χ0v) is 15.5. The van der Waals surface area contributed by atoms with Crippen molar-refractivity contribution in [1.29, 1.82) is 0 Å². The first-order chi connectivity index (χ1) is 12.6. The SMILES string of the molecule is Cc1[nH]c2ccc(C(=O)N3CCCCCC3c3ccncc3)cc2c1C. The Morgan fingerprint density at radius 3 is 2.73 bits per heavy atom. The Kier molecular flexibility index (Phi) is 4.49. The first-order valence-corrected chi connectivity index (χ1v) is 9.45. The summed E-state index contributed by atoms with van der Waals surface area (Å²) in [5.41, 5.74) is 5.44. The van der Waals surface area contributed by atoms with Crippen LogP contribution in [0, 0.1) is 13.8 Å². The molecule has 134 valence electrons. The van der Waals surface area contributed by atoms with Crippen LogP contribution >= 0.6 is 0 Å². The van der Waals surface area contributed by atoms with E-state index in [1.54, 1.807) is 0 Å². The van der Waals surface area contributed by atoms with E-state index in [4.69, 9.17) is 0 Å². The van der Waals surface area contributed by atoms with Crippen molar-refractivity contribution in [3.8, 4) is 0 Å². The number of hydrogen-bond acceptors (Lipinski definition) is 2. The Balaban J connectivity index is 1.71. The molecule has 1 atom stereocenters. The van der Waals surface area contributed by atoms with Crippen molar-refractivity contribution in [2.75, 3.05) is 6.54 Å². The number of benzene rings is 1. The third kappa shape index (κ3) is 3.00. The number of aromatic amines is 1. The summed E-state index contributed by atoms with van der Waals surface area (Å²) >= 11 is 0. The van der Waals surface area contributed by atoms with Gasteiger partial charge < -0.3 is 9.88 Å². The van der Waals surface area contributed by atoms with E-state index >= 15 is 0 Å². The molecule has 4 rings (SSSR count). The lowest BCUT2D eigenvalue weighted by Crippen LogP contribution is -2.34. The molecule has 0 saturated carbocycles. The third-order valence-corrected chi connectivity index (χ3v) is 5.66. The summed E-state index contributed by atoms with van der Waals surface area (Å²) in [7, 11) is 0. The maximum atomic E-state index is 13.4. The van der Waals surface area contributed by atoms with Crippen LogP contribution < -0.4 is 0 Å². The normalized spacial score (nSPS) is 18.1. The molecule has 1 fully saturated rings. The summed E-state index contributed by atoms with van der Waals surface area (Å²) < 4.78 is 0. The van der Waals surface area contributed by atoms with Crippen LogP contribution in [0.4, 0.5) is 0 Å². The predicted octanol–water partition coefficient (Wildman–Crippen LogP) is 4.94. The fourth-order valence-corrected chi connectivity index (χ4v) is 4.04. The number of aromatic nitrogens is 2. The van der Waals surface area contributed by atoms with E-state index in [0.717, 1.165) is 48.0 Å². The van der Waals surface area contributed by atoms with Crippen molar-refractivity contribution < 1.29 is 4.79 Å². The van der Waals surface area contributed by atoms with Gasteiger partial charge in [-0.1, -0.05) is 12.8 Å². The van der Waals surface area contributed by atoms with Crippen LogP contribution in [0.3, 0.4) is 0 Å². The van der Waals surface area contributed by atoms with Gasteiger partial charge >= 0.3 is 0 Å². The Morgan fingerprint density at radius 1 is 1.12 bits per heavy atom. The van der Waals surface area contributed by atoms with Gasteiger partial charge in [0, 0.05) is 41.1 Å². The maximum absolute atomic E-state index is 13.4. The number of nitrogens with one attached hydrogen (secondary N) is 1. The Morgan fingerprint density at radius 2 is 1.92 bits per heavy atom. The summed E-state index contributed by atoms with van der Waals surface area (Å²) in [5.74, 6) is 0.133. The smallest absolute Gasteiger partial charge is 0.254 e. The number of nitrogens with zero attached hydrogens (tertiary/aromatic N) is 2. The van der Waals surface area contributed by atoms with Gasteiger partial charge in [0.15, 0.2) is 0 Å². The van der Waals surface area contributed by atoms with Crippen molar-refractivity contribution in [3.05, 3.63) is 65.1 Å². The number of hydrogen-bond donors (Lipinski definition) is 1. The van der Waals surface area contributed by atoms with E-state index in [-0.39, 0.29) is 11.9 Å². The number of likely N-dealkylation sites (tertiary alicyclic amines) is 1. The lowest BCUT2D eigenvalue weighted by molar-refractivity contribution is 0.0681. The van der Waals surface area contributed by atoms with E-state index in [1.807, 2.05) is 42.7 Å². The summed E-state index contributed by atoms with van der Waals surface area (Å²) in [5, 5.41) is 1.14. The highest BCUT2D eigenvalue weighted by Crippen LogP contribution is 2.32. The third-order valence-electron chi connectivity index (χ3n) is 5.66. The molecule has 0 aliphatic carbocycles. The van der Waals surface area contributed by atoms with Gasteiger partial charge in [-0.25, -0.2) is 0 Å². The first kappa shape index (κ1) is 16.8. The lowest BCUT2D eigenvalue weighted by atomic mass is 10.0. The fraction of sp³-hybridized carbons (Fsp3) is 0.364. The van der Waals surface area contributed by atoms with Crippen molar-refractivity contribution >= 4 is 16.8 Å². The van der Waals surface area contributed by atoms with Gasteiger partial charge in [0.1, 0.15) is 0 Å². The average Bonchev–Trinajstić information content (AvgIpc) is 2.85. The largest absolute Gasteiger partial charge is 0.358 e. The quantitative estimate of drug-likeness (QED) is 0.714. The number of H-pyrrole nitrogens is 1. The topological polar surface area (TPSA) is 49.0 Å². The molecule has 1 N–H and O–H groups in total. The van der Waals surface area contributed by atoms with Gasteiger partial charge in [0.2, 0.25) is 0 Å².